The number of hydrogen-bond acceptors (Lipinski definition) is 4. The zero-order valence-corrected chi connectivity index (χ0v) is 15.6. The summed E-state index contributed by atoms with van der Waals surface area (Å²) in [6, 6.07) is 0.149. The number of H-pyrrole nitrogens is 1. The predicted octanol–water partition coefficient (Wildman–Crippen LogP) is 2.68. The van der Waals surface area contributed by atoms with Gasteiger partial charge in [-0.2, -0.15) is 0 Å². The fourth-order valence-corrected chi connectivity index (χ4v) is 4.77. The van der Waals surface area contributed by atoms with Crippen molar-refractivity contribution >= 4 is 6.21 Å². The average Bonchev–Trinajstić information content (AvgIpc) is 2.87. The third-order valence-corrected chi connectivity index (χ3v) is 7.07. The van der Waals surface area contributed by atoms with Gasteiger partial charge in [0.05, 0.1) is 6.04 Å². The zero-order chi connectivity index (χ0) is 18.4. The molecule has 3 unspecified atom stereocenters. The molecular formula is C19H29N3O3. The molecule has 2 N–H and O–H groups in total. The number of rotatable bonds is 5. The molecule has 2 bridgehead atoms. The fraction of sp³-hybridized carbons (Fsp3) is 0.737. The molecule has 0 aromatic carbocycles. The van der Waals surface area contributed by atoms with Crippen LogP contribution in [0.1, 0.15) is 65.4 Å². The Morgan fingerprint density at radius 2 is 2.08 bits per heavy atom. The van der Waals surface area contributed by atoms with E-state index in [4.69, 9.17) is 4.99 Å². The summed E-state index contributed by atoms with van der Waals surface area (Å²) >= 11 is 0. The van der Waals surface area contributed by atoms with Gasteiger partial charge in [0.25, 0.3) is 5.56 Å². The van der Waals surface area contributed by atoms with Gasteiger partial charge in [0.1, 0.15) is 5.56 Å². The van der Waals surface area contributed by atoms with Crippen LogP contribution in [0.4, 0.5) is 0 Å². The Balaban J connectivity index is 1.93. The fourth-order valence-electron chi connectivity index (χ4n) is 4.77. The number of nitrogens with one attached hydrogen (secondary N) is 1. The molecule has 2 fully saturated rings. The molecule has 1 aromatic heterocycles. The highest BCUT2D eigenvalue weighted by atomic mass is 16.3. The summed E-state index contributed by atoms with van der Waals surface area (Å²) in [6.07, 6.45) is 6.53. The van der Waals surface area contributed by atoms with Crippen LogP contribution in [0.5, 0.6) is 5.88 Å². The van der Waals surface area contributed by atoms with Crippen molar-refractivity contribution in [2.45, 2.75) is 72.4 Å². The number of aromatic nitrogens is 2. The molecule has 0 spiro atoms. The van der Waals surface area contributed by atoms with Crippen LogP contribution in [0.15, 0.2) is 14.6 Å². The highest BCUT2D eigenvalue weighted by molar-refractivity contribution is 5.82. The molecule has 0 amide bonds. The van der Waals surface area contributed by atoms with Gasteiger partial charge < -0.3 is 5.11 Å². The lowest BCUT2D eigenvalue weighted by atomic mass is 9.69. The monoisotopic (exact) mass is 347 g/mol. The van der Waals surface area contributed by atoms with Crippen LogP contribution in [0.3, 0.4) is 0 Å². The molecule has 2 saturated carbocycles. The number of aromatic hydroxyl groups is 1. The topological polar surface area (TPSA) is 87.4 Å². The zero-order valence-electron chi connectivity index (χ0n) is 15.6. The number of aromatic amines is 1. The third kappa shape index (κ3) is 2.66. The van der Waals surface area contributed by atoms with Crippen LogP contribution < -0.4 is 11.2 Å². The van der Waals surface area contributed by atoms with E-state index in [1.807, 2.05) is 6.92 Å². The van der Waals surface area contributed by atoms with Crippen molar-refractivity contribution in [1.82, 2.24) is 9.55 Å². The number of hydrogen-bond donors (Lipinski definition) is 2. The summed E-state index contributed by atoms with van der Waals surface area (Å²) < 4.78 is 1.22. The van der Waals surface area contributed by atoms with Gasteiger partial charge in [-0.1, -0.05) is 34.1 Å². The number of fused-ring (bicyclic) bond motifs is 2. The van der Waals surface area contributed by atoms with Crippen molar-refractivity contribution < 1.29 is 5.11 Å². The van der Waals surface area contributed by atoms with E-state index in [0.717, 1.165) is 25.7 Å². The lowest BCUT2D eigenvalue weighted by Crippen LogP contribution is -2.35. The van der Waals surface area contributed by atoms with E-state index < -0.39 is 11.2 Å². The molecule has 0 aliphatic heterocycles. The second-order valence-electron chi connectivity index (χ2n) is 8.41. The number of nitrogens with zero attached hydrogens (tertiary/aromatic N) is 2. The molecule has 25 heavy (non-hydrogen) atoms. The lowest BCUT2D eigenvalue weighted by molar-refractivity contribution is 0.137. The number of aliphatic imine (C=N–C) groups is 1. The Morgan fingerprint density at radius 3 is 2.64 bits per heavy atom. The third-order valence-electron chi connectivity index (χ3n) is 7.07. The van der Waals surface area contributed by atoms with Crippen LogP contribution in [0, 0.1) is 16.7 Å². The van der Waals surface area contributed by atoms with E-state index in [2.05, 4.69) is 25.8 Å². The van der Waals surface area contributed by atoms with Gasteiger partial charge in [-0.05, 0) is 42.4 Å². The molecular weight excluding hydrogens is 318 g/mol. The van der Waals surface area contributed by atoms with E-state index in [1.54, 1.807) is 0 Å². The molecule has 2 aliphatic carbocycles. The summed E-state index contributed by atoms with van der Waals surface area (Å²) in [4.78, 5) is 31.0. The van der Waals surface area contributed by atoms with E-state index >= 15 is 0 Å². The quantitative estimate of drug-likeness (QED) is 0.803. The number of unbranched alkanes of at least 4 members (excludes halogenated alkanes) is 1. The van der Waals surface area contributed by atoms with Crippen LogP contribution in [-0.2, 0) is 6.54 Å². The minimum Gasteiger partial charge on any atom is -0.494 e. The van der Waals surface area contributed by atoms with Crippen LogP contribution >= 0.6 is 0 Å². The van der Waals surface area contributed by atoms with Crippen molar-refractivity contribution in [2.24, 2.45) is 21.7 Å². The predicted molar refractivity (Wildman–Crippen MR) is 98.5 cm³/mol. The minimum absolute atomic E-state index is 0.0832. The largest absolute Gasteiger partial charge is 0.494 e. The molecule has 1 aromatic rings. The Hall–Kier alpha value is -1.85. The van der Waals surface area contributed by atoms with E-state index in [0.29, 0.717) is 12.5 Å². The summed E-state index contributed by atoms with van der Waals surface area (Å²) in [5, 5.41) is 10.4. The maximum absolute atomic E-state index is 12.1. The van der Waals surface area contributed by atoms with Gasteiger partial charge in [-0.3, -0.25) is 19.3 Å². The van der Waals surface area contributed by atoms with Crippen molar-refractivity contribution in [3.63, 3.8) is 0 Å². The van der Waals surface area contributed by atoms with Crippen LogP contribution in [-0.4, -0.2) is 26.9 Å². The van der Waals surface area contributed by atoms with Gasteiger partial charge in [-0.15, -0.1) is 0 Å². The van der Waals surface area contributed by atoms with E-state index in [1.165, 1.54) is 17.2 Å². The van der Waals surface area contributed by atoms with Gasteiger partial charge in [-0.25, -0.2) is 4.79 Å². The van der Waals surface area contributed by atoms with Gasteiger partial charge in [0, 0.05) is 12.8 Å². The standard InChI is InChI=1S/C19H29N3O3/c1-5-6-9-22-16(24)13(15(23)21-17(22)25)11-20-14-10-12-7-8-19(14,4)18(12,2)3/h11-12,14,24H,5-10H2,1-4H3,(H,21,23,25). The first-order valence-corrected chi connectivity index (χ1v) is 9.31. The van der Waals surface area contributed by atoms with E-state index in [-0.39, 0.29) is 28.3 Å². The average molecular weight is 347 g/mol. The smallest absolute Gasteiger partial charge is 0.331 e. The minimum atomic E-state index is -0.577. The summed E-state index contributed by atoms with van der Waals surface area (Å²) in [6.45, 7) is 9.31. The molecule has 138 valence electrons. The van der Waals surface area contributed by atoms with Gasteiger partial charge in [0.15, 0.2) is 0 Å². The summed E-state index contributed by atoms with van der Waals surface area (Å²) in [7, 11) is 0. The molecule has 1 heterocycles. The molecule has 0 radical (unpaired) electrons. The molecule has 2 aliphatic rings. The van der Waals surface area contributed by atoms with Crippen molar-refractivity contribution in [1.29, 1.82) is 0 Å². The Morgan fingerprint density at radius 1 is 1.36 bits per heavy atom. The lowest BCUT2D eigenvalue weighted by Gasteiger charge is -2.37. The normalized spacial score (nSPS) is 30.4. The Labute approximate surface area is 148 Å². The molecule has 3 rings (SSSR count). The molecule has 3 atom stereocenters. The summed E-state index contributed by atoms with van der Waals surface area (Å²) in [5.74, 6) is 0.378. The van der Waals surface area contributed by atoms with Crippen LogP contribution in [0.2, 0.25) is 0 Å². The Bertz CT molecular complexity index is 805. The van der Waals surface area contributed by atoms with Crippen molar-refractivity contribution in [3.8, 4) is 5.88 Å². The summed E-state index contributed by atoms with van der Waals surface area (Å²) in [5.41, 5.74) is -0.705. The molecule has 6 heteroatoms. The van der Waals surface area contributed by atoms with Crippen molar-refractivity contribution in [2.75, 3.05) is 0 Å². The molecule has 0 saturated heterocycles. The molecule has 6 nitrogen and oxygen atoms in total. The highest BCUT2D eigenvalue weighted by Gasteiger charge is 2.61. The van der Waals surface area contributed by atoms with Gasteiger partial charge in [0.2, 0.25) is 5.88 Å². The van der Waals surface area contributed by atoms with Crippen LogP contribution in [0.25, 0.3) is 0 Å². The maximum atomic E-state index is 12.1. The first-order chi connectivity index (χ1) is 11.7. The highest BCUT2D eigenvalue weighted by Crippen LogP contribution is 2.66. The Kier molecular flexibility index (Phi) is 4.41. The van der Waals surface area contributed by atoms with E-state index in [9.17, 15) is 14.7 Å². The first-order valence-electron chi connectivity index (χ1n) is 9.31. The maximum Gasteiger partial charge on any atom is 0.331 e. The SMILES string of the molecule is CCCCn1c(O)c(C=NC2CC3CCC2(C)C3(C)C)c(=O)[nH]c1=O. The first kappa shape index (κ1) is 18.0. The second kappa shape index (κ2) is 6.15. The second-order valence-corrected chi connectivity index (χ2v) is 8.41. The van der Waals surface area contributed by atoms with Crippen molar-refractivity contribution in [3.05, 3.63) is 26.4 Å². The van der Waals surface area contributed by atoms with Gasteiger partial charge >= 0.3 is 5.69 Å².